The standard InChI is InChI=1S/C25H25F3N6O2/c1-2-22(35)30-19-4-3-5-20(14-19)31-23-21(25(26,27)28)15-29-24(33-23)32-18-8-6-17(7-9-18)16-34-10-12-36-13-11-34/h2-9,14-15H,1,10-13,16H2,(H,30,35)(H2,29,31,32,33). The zero-order valence-electron chi connectivity index (χ0n) is 19.3. The highest BCUT2D eigenvalue weighted by molar-refractivity contribution is 5.99. The van der Waals surface area contributed by atoms with Crippen molar-refractivity contribution in [3.63, 3.8) is 0 Å². The van der Waals surface area contributed by atoms with Gasteiger partial charge in [-0.2, -0.15) is 18.2 Å². The van der Waals surface area contributed by atoms with Crippen molar-refractivity contribution in [2.24, 2.45) is 0 Å². The maximum Gasteiger partial charge on any atom is 0.421 e. The Balaban J connectivity index is 1.51. The Morgan fingerprint density at radius 1 is 1.06 bits per heavy atom. The number of alkyl halides is 3. The molecule has 0 radical (unpaired) electrons. The van der Waals surface area contributed by atoms with Crippen LogP contribution in [0.1, 0.15) is 11.1 Å². The number of morpholine rings is 1. The topological polar surface area (TPSA) is 91.4 Å². The van der Waals surface area contributed by atoms with E-state index in [2.05, 4.69) is 37.4 Å². The molecule has 0 spiro atoms. The second-order valence-electron chi connectivity index (χ2n) is 8.06. The van der Waals surface area contributed by atoms with Gasteiger partial charge in [-0.3, -0.25) is 9.69 Å². The molecule has 1 aliphatic heterocycles. The van der Waals surface area contributed by atoms with E-state index in [0.29, 0.717) is 17.1 Å². The van der Waals surface area contributed by atoms with E-state index in [1.165, 1.54) is 6.07 Å². The van der Waals surface area contributed by atoms with Gasteiger partial charge in [0.1, 0.15) is 11.4 Å². The molecule has 4 rings (SSSR count). The number of hydrogen-bond donors (Lipinski definition) is 3. The minimum Gasteiger partial charge on any atom is -0.379 e. The molecule has 0 atom stereocenters. The van der Waals surface area contributed by atoms with Gasteiger partial charge in [0.05, 0.1) is 13.2 Å². The summed E-state index contributed by atoms with van der Waals surface area (Å²) in [5.41, 5.74) is 1.43. The highest BCUT2D eigenvalue weighted by Gasteiger charge is 2.35. The number of rotatable bonds is 8. The van der Waals surface area contributed by atoms with Gasteiger partial charge in [0.2, 0.25) is 11.9 Å². The van der Waals surface area contributed by atoms with Gasteiger partial charge < -0.3 is 20.7 Å². The maximum atomic E-state index is 13.6. The van der Waals surface area contributed by atoms with Crippen LogP contribution in [0, 0.1) is 0 Å². The van der Waals surface area contributed by atoms with Gasteiger partial charge >= 0.3 is 6.18 Å². The minimum absolute atomic E-state index is 0.00236. The maximum absolute atomic E-state index is 13.6. The van der Waals surface area contributed by atoms with E-state index in [9.17, 15) is 18.0 Å². The number of hydrogen-bond acceptors (Lipinski definition) is 7. The van der Waals surface area contributed by atoms with Crippen LogP contribution in [-0.4, -0.2) is 47.1 Å². The first-order valence-corrected chi connectivity index (χ1v) is 11.2. The lowest BCUT2D eigenvalue weighted by Gasteiger charge is -2.26. The number of aromatic nitrogens is 2. The number of amides is 1. The van der Waals surface area contributed by atoms with Crippen LogP contribution in [0.5, 0.6) is 0 Å². The average molecular weight is 499 g/mol. The van der Waals surface area contributed by atoms with E-state index in [1.54, 1.807) is 18.2 Å². The molecule has 8 nitrogen and oxygen atoms in total. The van der Waals surface area contributed by atoms with Gasteiger partial charge in [0.15, 0.2) is 0 Å². The number of nitrogens with zero attached hydrogens (tertiary/aromatic N) is 3. The molecule has 0 unspecified atom stereocenters. The van der Waals surface area contributed by atoms with Crippen molar-refractivity contribution >= 4 is 34.7 Å². The zero-order valence-corrected chi connectivity index (χ0v) is 19.3. The number of nitrogens with one attached hydrogen (secondary N) is 3. The third kappa shape index (κ3) is 6.80. The number of halogens is 3. The molecule has 0 bridgehead atoms. The predicted molar refractivity (Wildman–Crippen MR) is 131 cm³/mol. The lowest BCUT2D eigenvalue weighted by molar-refractivity contribution is -0.137. The molecule has 3 N–H and O–H groups in total. The van der Waals surface area contributed by atoms with Gasteiger partial charge in [-0.15, -0.1) is 0 Å². The third-order valence-electron chi connectivity index (χ3n) is 5.39. The molecule has 1 saturated heterocycles. The molecule has 2 heterocycles. The normalized spacial score (nSPS) is 14.2. The Morgan fingerprint density at radius 2 is 1.78 bits per heavy atom. The monoisotopic (exact) mass is 498 g/mol. The predicted octanol–water partition coefficient (Wildman–Crippen LogP) is 4.94. The number of carbonyl (C=O) groups is 1. The lowest BCUT2D eigenvalue weighted by Crippen LogP contribution is -2.35. The Labute approximate surface area is 206 Å². The van der Waals surface area contributed by atoms with Gasteiger partial charge in [-0.05, 0) is 42.0 Å². The van der Waals surface area contributed by atoms with Crippen LogP contribution in [0.25, 0.3) is 0 Å². The van der Waals surface area contributed by atoms with E-state index in [-0.39, 0.29) is 5.95 Å². The first-order chi connectivity index (χ1) is 17.3. The fraction of sp³-hybridized carbons (Fsp3) is 0.240. The first kappa shape index (κ1) is 25.1. The van der Waals surface area contributed by atoms with Gasteiger partial charge in [-0.1, -0.05) is 24.8 Å². The molecule has 11 heteroatoms. The van der Waals surface area contributed by atoms with Crippen molar-refractivity contribution < 1.29 is 22.7 Å². The van der Waals surface area contributed by atoms with Crippen molar-refractivity contribution in [3.05, 3.63) is 78.5 Å². The van der Waals surface area contributed by atoms with Crippen molar-refractivity contribution in [3.8, 4) is 0 Å². The summed E-state index contributed by atoms with van der Waals surface area (Å²) >= 11 is 0. The molecule has 1 aliphatic rings. The molecule has 0 saturated carbocycles. The van der Waals surface area contributed by atoms with Crippen molar-refractivity contribution in [2.45, 2.75) is 12.7 Å². The molecule has 1 fully saturated rings. The molecule has 1 amide bonds. The van der Waals surface area contributed by atoms with E-state index in [1.807, 2.05) is 24.3 Å². The van der Waals surface area contributed by atoms with E-state index < -0.39 is 23.5 Å². The Morgan fingerprint density at radius 3 is 2.47 bits per heavy atom. The molecule has 3 aromatic rings. The highest BCUT2D eigenvalue weighted by Crippen LogP contribution is 2.35. The second-order valence-corrected chi connectivity index (χ2v) is 8.06. The fourth-order valence-corrected chi connectivity index (χ4v) is 3.59. The van der Waals surface area contributed by atoms with Crippen LogP contribution in [0.2, 0.25) is 0 Å². The van der Waals surface area contributed by atoms with Crippen molar-refractivity contribution in [1.29, 1.82) is 0 Å². The molecule has 1 aromatic heterocycles. The van der Waals surface area contributed by atoms with Gasteiger partial charge in [-0.25, -0.2) is 4.98 Å². The van der Waals surface area contributed by atoms with Crippen molar-refractivity contribution in [2.75, 3.05) is 42.3 Å². The van der Waals surface area contributed by atoms with Gasteiger partial charge in [0, 0.05) is 42.9 Å². The number of carbonyl (C=O) groups excluding carboxylic acids is 1. The summed E-state index contributed by atoms with van der Waals surface area (Å²) in [4.78, 5) is 21.8. The molecule has 0 aliphatic carbocycles. The lowest BCUT2D eigenvalue weighted by atomic mass is 10.2. The summed E-state index contributed by atoms with van der Waals surface area (Å²) in [6.45, 7) is 7.35. The first-order valence-electron chi connectivity index (χ1n) is 11.2. The van der Waals surface area contributed by atoms with Crippen LogP contribution in [0.4, 0.5) is 42.0 Å². The summed E-state index contributed by atoms with van der Waals surface area (Å²) in [7, 11) is 0. The Hall–Kier alpha value is -3.96. The zero-order chi connectivity index (χ0) is 25.5. The summed E-state index contributed by atoms with van der Waals surface area (Å²) in [5, 5.41) is 8.20. The summed E-state index contributed by atoms with van der Waals surface area (Å²) in [6.07, 6.45) is -2.84. The minimum atomic E-state index is -4.67. The third-order valence-corrected chi connectivity index (χ3v) is 5.39. The van der Waals surface area contributed by atoms with Crippen LogP contribution < -0.4 is 16.0 Å². The Bertz CT molecular complexity index is 1210. The van der Waals surface area contributed by atoms with Crippen LogP contribution >= 0.6 is 0 Å². The summed E-state index contributed by atoms with van der Waals surface area (Å²) in [6, 6.07) is 13.8. The number of ether oxygens (including phenoxy) is 1. The Kier molecular flexibility index (Phi) is 7.81. The molecular weight excluding hydrogens is 473 g/mol. The molecule has 36 heavy (non-hydrogen) atoms. The van der Waals surface area contributed by atoms with Crippen LogP contribution in [0.15, 0.2) is 67.4 Å². The van der Waals surface area contributed by atoms with E-state index >= 15 is 0 Å². The number of benzene rings is 2. The van der Waals surface area contributed by atoms with E-state index in [4.69, 9.17) is 4.74 Å². The molecular formula is C25H25F3N6O2. The fourth-order valence-electron chi connectivity index (χ4n) is 3.59. The SMILES string of the molecule is C=CC(=O)Nc1cccc(Nc2nc(Nc3ccc(CN4CCOCC4)cc3)ncc2C(F)(F)F)c1. The highest BCUT2D eigenvalue weighted by atomic mass is 19.4. The smallest absolute Gasteiger partial charge is 0.379 e. The second kappa shape index (κ2) is 11.2. The molecule has 188 valence electrons. The quantitative estimate of drug-likeness (QED) is 0.379. The van der Waals surface area contributed by atoms with E-state index in [0.717, 1.165) is 50.7 Å². The van der Waals surface area contributed by atoms with Gasteiger partial charge in [0.25, 0.3) is 0 Å². The summed E-state index contributed by atoms with van der Waals surface area (Å²) in [5.74, 6) is -0.855. The largest absolute Gasteiger partial charge is 0.421 e. The number of anilines is 5. The van der Waals surface area contributed by atoms with Crippen LogP contribution in [0.3, 0.4) is 0 Å². The average Bonchev–Trinajstić information content (AvgIpc) is 2.85. The molecule has 2 aromatic carbocycles. The van der Waals surface area contributed by atoms with Crippen molar-refractivity contribution in [1.82, 2.24) is 14.9 Å². The summed E-state index contributed by atoms with van der Waals surface area (Å²) < 4.78 is 46.2. The van der Waals surface area contributed by atoms with Crippen LogP contribution in [-0.2, 0) is 22.3 Å².